The van der Waals surface area contributed by atoms with E-state index in [1.807, 2.05) is 28.5 Å². The van der Waals surface area contributed by atoms with Crippen molar-refractivity contribution in [2.24, 2.45) is 17.6 Å². The van der Waals surface area contributed by atoms with Crippen molar-refractivity contribution in [1.29, 1.82) is 0 Å². The number of hydrogen-bond donors (Lipinski definition) is 1. The monoisotopic (exact) mass is 310 g/mol. The van der Waals surface area contributed by atoms with Crippen molar-refractivity contribution in [2.45, 2.75) is 33.1 Å². The summed E-state index contributed by atoms with van der Waals surface area (Å²) in [5.74, 6) is 0.709. The second-order valence-corrected chi connectivity index (χ2v) is 6.30. The topological polar surface area (TPSA) is 69.9 Å². The molecule has 0 bridgehead atoms. The first-order valence-corrected chi connectivity index (χ1v) is 8.65. The fourth-order valence-corrected chi connectivity index (χ4v) is 3.69. The lowest BCUT2D eigenvalue weighted by Crippen LogP contribution is -2.55. The van der Waals surface area contributed by atoms with E-state index in [2.05, 4.69) is 0 Å². The zero-order valence-corrected chi connectivity index (χ0v) is 14.0. The van der Waals surface area contributed by atoms with Crippen molar-refractivity contribution in [2.75, 3.05) is 45.8 Å². The highest BCUT2D eigenvalue weighted by atomic mass is 16.2. The standard InChI is InChI=1S/C16H30N4O2/c1-3-18(4-2)16(22)20-10-8-19(9-11-20)15(21)14-7-5-6-13(14)12-17/h13-14H,3-12,17H2,1-2H3/t13-,14-/m1/s1. The van der Waals surface area contributed by atoms with Crippen LogP contribution in [0.15, 0.2) is 0 Å². The molecular weight excluding hydrogens is 280 g/mol. The highest BCUT2D eigenvalue weighted by Crippen LogP contribution is 2.32. The maximum atomic E-state index is 12.6. The molecule has 1 heterocycles. The van der Waals surface area contributed by atoms with Gasteiger partial charge in [-0.2, -0.15) is 0 Å². The molecule has 2 rings (SSSR count). The first-order valence-electron chi connectivity index (χ1n) is 8.65. The Morgan fingerprint density at radius 1 is 1.05 bits per heavy atom. The molecule has 0 aromatic rings. The van der Waals surface area contributed by atoms with E-state index in [1.54, 1.807) is 0 Å². The van der Waals surface area contributed by atoms with Gasteiger partial charge in [0, 0.05) is 45.2 Å². The summed E-state index contributed by atoms with van der Waals surface area (Å²) in [4.78, 5) is 30.6. The molecule has 0 aromatic carbocycles. The molecule has 126 valence electrons. The van der Waals surface area contributed by atoms with Crippen LogP contribution in [0.5, 0.6) is 0 Å². The highest BCUT2D eigenvalue weighted by molar-refractivity contribution is 5.80. The van der Waals surface area contributed by atoms with E-state index in [9.17, 15) is 9.59 Å². The Bertz CT molecular complexity index is 390. The molecule has 22 heavy (non-hydrogen) atoms. The Kier molecular flexibility index (Phi) is 6.06. The van der Waals surface area contributed by atoms with Crippen molar-refractivity contribution < 1.29 is 9.59 Å². The van der Waals surface area contributed by atoms with Crippen molar-refractivity contribution >= 4 is 11.9 Å². The van der Waals surface area contributed by atoms with Crippen molar-refractivity contribution in [3.05, 3.63) is 0 Å². The highest BCUT2D eigenvalue weighted by Gasteiger charge is 2.36. The minimum absolute atomic E-state index is 0.0952. The van der Waals surface area contributed by atoms with Gasteiger partial charge in [0.05, 0.1) is 0 Å². The summed E-state index contributed by atoms with van der Waals surface area (Å²) in [6.45, 7) is 8.64. The van der Waals surface area contributed by atoms with E-state index in [4.69, 9.17) is 5.73 Å². The van der Waals surface area contributed by atoms with Crippen LogP contribution in [0.1, 0.15) is 33.1 Å². The van der Waals surface area contributed by atoms with Gasteiger partial charge in [0.1, 0.15) is 0 Å². The lowest BCUT2D eigenvalue weighted by molar-refractivity contribution is -0.138. The Morgan fingerprint density at radius 2 is 1.64 bits per heavy atom. The van der Waals surface area contributed by atoms with Gasteiger partial charge in [0.25, 0.3) is 0 Å². The summed E-state index contributed by atoms with van der Waals surface area (Å²) in [5.41, 5.74) is 5.79. The van der Waals surface area contributed by atoms with E-state index in [0.29, 0.717) is 38.6 Å². The van der Waals surface area contributed by atoms with Gasteiger partial charge in [-0.1, -0.05) is 6.42 Å². The number of carbonyl (C=O) groups excluding carboxylic acids is 2. The van der Waals surface area contributed by atoms with Crippen molar-refractivity contribution in [3.63, 3.8) is 0 Å². The van der Waals surface area contributed by atoms with E-state index in [-0.39, 0.29) is 17.9 Å². The minimum atomic E-state index is 0.0952. The maximum absolute atomic E-state index is 12.6. The van der Waals surface area contributed by atoms with Gasteiger partial charge in [-0.05, 0) is 39.2 Å². The summed E-state index contributed by atoms with van der Waals surface area (Å²) in [6, 6.07) is 0.0952. The molecule has 6 nitrogen and oxygen atoms in total. The third-order valence-electron chi connectivity index (χ3n) is 5.17. The summed E-state index contributed by atoms with van der Waals surface area (Å²) in [5, 5.41) is 0. The first kappa shape index (κ1) is 17.1. The third-order valence-corrected chi connectivity index (χ3v) is 5.17. The number of rotatable bonds is 4. The van der Waals surface area contributed by atoms with E-state index in [0.717, 1.165) is 32.4 Å². The van der Waals surface area contributed by atoms with Crippen LogP contribution in [0.25, 0.3) is 0 Å². The van der Waals surface area contributed by atoms with Crippen LogP contribution in [0, 0.1) is 11.8 Å². The Labute approximate surface area is 133 Å². The molecule has 6 heteroatoms. The van der Waals surface area contributed by atoms with Gasteiger partial charge in [0.2, 0.25) is 5.91 Å². The number of carbonyl (C=O) groups is 2. The van der Waals surface area contributed by atoms with Crippen LogP contribution in [-0.4, -0.2) is 72.5 Å². The molecule has 0 unspecified atom stereocenters. The number of hydrogen-bond acceptors (Lipinski definition) is 3. The Balaban J connectivity index is 1.86. The molecule has 0 radical (unpaired) electrons. The van der Waals surface area contributed by atoms with Crippen LogP contribution in [0.2, 0.25) is 0 Å². The second-order valence-electron chi connectivity index (χ2n) is 6.30. The fraction of sp³-hybridized carbons (Fsp3) is 0.875. The largest absolute Gasteiger partial charge is 0.339 e. The van der Waals surface area contributed by atoms with Gasteiger partial charge in [-0.15, -0.1) is 0 Å². The van der Waals surface area contributed by atoms with Crippen LogP contribution in [0.3, 0.4) is 0 Å². The van der Waals surface area contributed by atoms with Crippen LogP contribution in [0.4, 0.5) is 4.79 Å². The van der Waals surface area contributed by atoms with Crippen LogP contribution < -0.4 is 5.73 Å². The predicted molar refractivity (Wildman–Crippen MR) is 86.4 cm³/mol. The summed E-state index contributed by atoms with van der Waals surface area (Å²) in [6.07, 6.45) is 3.16. The number of piperazine rings is 1. The quantitative estimate of drug-likeness (QED) is 0.841. The molecule has 2 atom stereocenters. The second kappa shape index (κ2) is 7.81. The maximum Gasteiger partial charge on any atom is 0.320 e. The van der Waals surface area contributed by atoms with Gasteiger partial charge >= 0.3 is 6.03 Å². The molecule has 2 aliphatic rings. The lowest BCUT2D eigenvalue weighted by atomic mass is 9.94. The lowest BCUT2D eigenvalue weighted by Gasteiger charge is -2.38. The van der Waals surface area contributed by atoms with E-state index in [1.165, 1.54) is 0 Å². The third kappa shape index (κ3) is 3.54. The molecule has 2 fully saturated rings. The predicted octanol–water partition coefficient (Wildman–Crippen LogP) is 0.967. The van der Waals surface area contributed by atoms with Crippen LogP contribution >= 0.6 is 0 Å². The smallest absolute Gasteiger partial charge is 0.320 e. The normalized spacial score (nSPS) is 25.4. The molecule has 3 amide bonds. The summed E-state index contributed by atoms with van der Waals surface area (Å²) < 4.78 is 0. The zero-order chi connectivity index (χ0) is 16.1. The SMILES string of the molecule is CCN(CC)C(=O)N1CCN(C(=O)[C@@H]2CCC[C@@H]2CN)CC1. The molecule has 0 spiro atoms. The molecule has 2 N–H and O–H groups in total. The number of nitrogens with two attached hydrogens (primary N) is 1. The van der Waals surface area contributed by atoms with E-state index < -0.39 is 0 Å². The van der Waals surface area contributed by atoms with Crippen molar-refractivity contribution in [3.8, 4) is 0 Å². The summed E-state index contributed by atoms with van der Waals surface area (Å²) in [7, 11) is 0. The Morgan fingerprint density at radius 3 is 2.18 bits per heavy atom. The van der Waals surface area contributed by atoms with Crippen molar-refractivity contribution in [1.82, 2.24) is 14.7 Å². The van der Waals surface area contributed by atoms with Gasteiger partial charge in [0.15, 0.2) is 0 Å². The number of nitrogens with zero attached hydrogens (tertiary/aromatic N) is 3. The molecule has 0 aromatic heterocycles. The average Bonchev–Trinajstić information content (AvgIpc) is 3.04. The Hall–Kier alpha value is -1.30. The molecule has 1 aliphatic heterocycles. The first-order chi connectivity index (χ1) is 10.6. The molecule has 1 saturated heterocycles. The fourth-order valence-electron chi connectivity index (χ4n) is 3.69. The minimum Gasteiger partial charge on any atom is -0.339 e. The van der Waals surface area contributed by atoms with Gasteiger partial charge < -0.3 is 20.4 Å². The number of amides is 3. The zero-order valence-electron chi connectivity index (χ0n) is 14.0. The van der Waals surface area contributed by atoms with Crippen LogP contribution in [-0.2, 0) is 4.79 Å². The van der Waals surface area contributed by atoms with Gasteiger partial charge in [-0.3, -0.25) is 4.79 Å². The average molecular weight is 310 g/mol. The van der Waals surface area contributed by atoms with E-state index >= 15 is 0 Å². The summed E-state index contributed by atoms with van der Waals surface area (Å²) >= 11 is 0. The number of urea groups is 1. The molecular formula is C16H30N4O2. The molecule has 1 aliphatic carbocycles. The van der Waals surface area contributed by atoms with Gasteiger partial charge in [-0.25, -0.2) is 4.79 Å². The molecule has 1 saturated carbocycles.